The van der Waals surface area contributed by atoms with Crippen LogP contribution in [-0.4, -0.2) is 7.11 Å². The molecule has 0 unspecified atom stereocenters. The predicted molar refractivity (Wildman–Crippen MR) is 64.9 cm³/mol. The molecule has 0 atom stereocenters. The van der Waals surface area contributed by atoms with Crippen LogP contribution in [0.25, 0.3) is 10.8 Å². The van der Waals surface area contributed by atoms with Gasteiger partial charge in [-0.25, -0.2) is 0 Å². The van der Waals surface area contributed by atoms with Gasteiger partial charge in [-0.05, 0) is 17.4 Å². The molecule has 0 aromatic heterocycles. The Bertz CT molecular complexity index is 451. The molecule has 0 spiro atoms. The molecule has 0 aliphatic heterocycles. The minimum absolute atomic E-state index is 0. The molecule has 0 aliphatic carbocycles. The number of benzene rings is 2. The van der Waals surface area contributed by atoms with Gasteiger partial charge in [-0.3, -0.25) is 0 Å². The second-order valence-electron chi connectivity index (χ2n) is 3.33. The molecule has 0 fully saturated rings. The summed E-state index contributed by atoms with van der Waals surface area (Å²) in [6.07, 6.45) is 1.01. The molecule has 0 aliphatic rings. The van der Waals surface area contributed by atoms with E-state index in [4.69, 9.17) is 4.74 Å². The fourth-order valence-corrected chi connectivity index (χ4v) is 1.81. The summed E-state index contributed by atoms with van der Waals surface area (Å²) in [6, 6.07) is 12.6. The molecule has 0 amide bonds. The largest absolute Gasteiger partial charge is 0.496 e. The molecular formula is C13H17NO. The minimum Gasteiger partial charge on any atom is -0.496 e. The van der Waals surface area contributed by atoms with E-state index in [0.29, 0.717) is 0 Å². The maximum atomic E-state index is 5.45. The lowest BCUT2D eigenvalue weighted by Gasteiger charge is -2.09. The zero-order chi connectivity index (χ0) is 9.97. The number of hydrogen-bond acceptors (Lipinski definition) is 2. The normalized spacial score (nSPS) is 9.73. The molecule has 2 heteroatoms. The molecule has 80 valence electrons. The van der Waals surface area contributed by atoms with Crippen molar-refractivity contribution >= 4 is 10.8 Å². The van der Waals surface area contributed by atoms with E-state index in [-0.39, 0.29) is 6.15 Å². The van der Waals surface area contributed by atoms with Crippen LogP contribution in [-0.2, 0) is 6.42 Å². The second kappa shape index (κ2) is 4.80. The molecule has 0 bridgehead atoms. The summed E-state index contributed by atoms with van der Waals surface area (Å²) in [7, 11) is 1.74. The Kier molecular flexibility index (Phi) is 3.69. The summed E-state index contributed by atoms with van der Waals surface area (Å²) >= 11 is 0. The fraction of sp³-hybridized carbons (Fsp3) is 0.231. The highest BCUT2D eigenvalue weighted by atomic mass is 16.5. The molecule has 0 radical (unpaired) electrons. The van der Waals surface area contributed by atoms with Crippen molar-refractivity contribution in [3.63, 3.8) is 0 Å². The third-order valence-corrected chi connectivity index (χ3v) is 2.55. The van der Waals surface area contributed by atoms with Gasteiger partial charge in [0.1, 0.15) is 5.75 Å². The lowest BCUT2D eigenvalue weighted by Crippen LogP contribution is -1.91. The first kappa shape index (κ1) is 11.5. The van der Waals surface area contributed by atoms with Crippen LogP contribution in [0.3, 0.4) is 0 Å². The SMILES string of the molecule is CCc1ccc2ccccc2c1OC.N. The maximum absolute atomic E-state index is 5.45. The summed E-state index contributed by atoms with van der Waals surface area (Å²) in [5.74, 6) is 1.02. The van der Waals surface area contributed by atoms with Crippen molar-refractivity contribution in [1.29, 1.82) is 0 Å². The van der Waals surface area contributed by atoms with Gasteiger partial charge in [0.05, 0.1) is 7.11 Å². The molecular weight excluding hydrogens is 186 g/mol. The quantitative estimate of drug-likeness (QED) is 0.810. The van der Waals surface area contributed by atoms with Gasteiger partial charge in [-0.1, -0.05) is 43.3 Å². The molecule has 2 rings (SSSR count). The summed E-state index contributed by atoms with van der Waals surface area (Å²) in [4.78, 5) is 0. The van der Waals surface area contributed by atoms with Crippen molar-refractivity contribution in [2.24, 2.45) is 0 Å². The number of methoxy groups -OCH3 is 1. The number of rotatable bonds is 2. The molecule has 0 saturated heterocycles. The van der Waals surface area contributed by atoms with E-state index in [0.717, 1.165) is 12.2 Å². The third-order valence-electron chi connectivity index (χ3n) is 2.55. The van der Waals surface area contributed by atoms with E-state index in [1.165, 1.54) is 16.3 Å². The van der Waals surface area contributed by atoms with Gasteiger partial charge >= 0.3 is 0 Å². The Labute approximate surface area is 90.5 Å². The summed E-state index contributed by atoms with van der Waals surface area (Å²) < 4.78 is 5.45. The van der Waals surface area contributed by atoms with Crippen molar-refractivity contribution in [2.45, 2.75) is 13.3 Å². The molecule has 15 heavy (non-hydrogen) atoms. The second-order valence-corrected chi connectivity index (χ2v) is 3.33. The van der Waals surface area contributed by atoms with Gasteiger partial charge in [-0.2, -0.15) is 0 Å². The minimum atomic E-state index is 0. The zero-order valence-electron chi connectivity index (χ0n) is 9.29. The van der Waals surface area contributed by atoms with Crippen LogP contribution in [0.5, 0.6) is 5.75 Å². The smallest absolute Gasteiger partial charge is 0.129 e. The van der Waals surface area contributed by atoms with Gasteiger partial charge in [0.2, 0.25) is 0 Å². The topological polar surface area (TPSA) is 44.2 Å². The highest BCUT2D eigenvalue weighted by Crippen LogP contribution is 2.29. The van der Waals surface area contributed by atoms with E-state index >= 15 is 0 Å². The van der Waals surface area contributed by atoms with Crippen LogP contribution in [0.1, 0.15) is 12.5 Å². The monoisotopic (exact) mass is 203 g/mol. The van der Waals surface area contributed by atoms with E-state index in [9.17, 15) is 0 Å². The first-order valence-corrected chi connectivity index (χ1v) is 4.91. The lowest BCUT2D eigenvalue weighted by atomic mass is 10.0. The van der Waals surface area contributed by atoms with Gasteiger partial charge in [0.15, 0.2) is 0 Å². The van der Waals surface area contributed by atoms with Crippen molar-refractivity contribution in [3.05, 3.63) is 42.0 Å². The highest BCUT2D eigenvalue weighted by Gasteiger charge is 2.05. The number of aryl methyl sites for hydroxylation is 1. The first-order valence-electron chi connectivity index (χ1n) is 4.91. The van der Waals surface area contributed by atoms with E-state index in [2.05, 4.69) is 31.2 Å². The van der Waals surface area contributed by atoms with Crippen LogP contribution in [0.2, 0.25) is 0 Å². The Hall–Kier alpha value is -1.54. The van der Waals surface area contributed by atoms with E-state index < -0.39 is 0 Å². The Morgan fingerprint density at radius 3 is 2.47 bits per heavy atom. The predicted octanol–water partition coefficient (Wildman–Crippen LogP) is 3.57. The standard InChI is InChI=1S/C13H14O.H3N/c1-3-10-8-9-11-6-4-5-7-12(11)13(10)14-2;/h4-9H,3H2,1-2H3;1H3. The molecule has 0 saturated carbocycles. The van der Waals surface area contributed by atoms with Crippen molar-refractivity contribution in [2.75, 3.05) is 7.11 Å². The zero-order valence-corrected chi connectivity index (χ0v) is 9.29. The maximum Gasteiger partial charge on any atom is 0.129 e. The van der Waals surface area contributed by atoms with Gasteiger partial charge in [0.25, 0.3) is 0 Å². The Morgan fingerprint density at radius 2 is 1.80 bits per heavy atom. The van der Waals surface area contributed by atoms with Crippen LogP contribution in [0, 0.1) is 0 Å². The van der Waals surface area contributed by atoms with Crippen molar-refractivity contribution < 1.29 is 4.74 Å². The molecule has 2 nitrogen and oxygen atoms in total. The van der Waals surface area contributed by atoms with Crippen molar-refractivity contribution in [1.82, 2.24) is 6.15 Å². The fourth-order valence-electron chi connectivity index (χ4n) is 1.81. The Morgan fingerprint density at radius 1 is 1.07 bits per heavy atom. The summed E-state index contributed by atoms with van der Waals surface area (Å²) in [5.41, 5.74) is 1.27. The molecule has 2 aromatic rings. The van der Waals surface area contributed by atoms with Crippen LogP contribution >= 0.6 is 0 Å². The molecule has 3 N–H and O–H groups in total. The molecule has 0 heterocycles. The van der Waals surface area contributed by atoms with E-state index in [1.807, 2.05) is 12.1 Å². The van der Waals surface area contributed by atoms with Gasteiger partial charge in [0, 0.05) is 5.39 Å². The number of ether oxygens (including phenoxy) is 1. The van der Waals surface area contributed by atoms with Gasteiger partial charge in [-0.15, -0.1) is 0 Å². The van der Waals surface area contributed by atoms with Crippen LogP contribution in [0.15, 0.2) is 36.4 Å². The average Bonchev–Trinajstić information content (AvgIpc) is 2.27. The Balaban J connectivity index is 0.00000112. The van der Waals surface area contributed by atoms with Crippen LogP contribution in [0.4, 0.5) is 0 Å². The van der Waals surface area contributed by atoms with Gasteiger partial charge < -0.3 is 10.9 Å². The summed E-state index contributed by atoms with van der Waals surface area (Å²) in [5, 5.41) is 2.44. The lowest BCUT2D eigenvalue weighted by molar-refractivity contribution is 0.415. The van der Waals surface area contributed by atoms with E-state index in [1.54, 1.807) is 7.11 Å². The number of hydrogen-bond donors (Lipinski definition) is 1. The molecule has 2 aromatic carbocycles. The number of fused-ring (bicyclic) bond motifs is 1. The third kappa shape index (κ3) is 1.95. The highest BCUT2D eigenvalue weighted by molar-refractivity contribution is 5.89. The van der Waals surface area contributed by atoms with Crippen LogP contribution < -0.4 is 10.9 Å². The average molecular weight is 203 g/mol. The summed E-state index contributed by atoms with van der Waals surface area (Å²) in [6.45, 7) is 2.15. The first-order chi connectivity index (χ1) is 6.86. The van der Waals surface area contributed by atoms with Crippen molar-refractivity contribution in [3.8, 4) is 5.75 Å².